The van der Waals surface area contributed by atoms with E-state index in [2.05, 4.69) is 9.88 Å². The van der Waals surface area contributed by atoms with E-state index >= 15 is 0 Å². The predicted octanol–water partition coefficient (Wildman–Crippen LogP) is 2.18. The average molecular weight is 417 g/mol. The van der Waals surface area contributed by atoms with E-state index in [0.717, 1.165) is 13.1 Å². The number of ether oxygens (including phenoxy) is 2. The van der Waals surface area contributed by atoms with Gasteiger partial charge in [-0.2, -0.15) is 0 Å². The number of carbonyl (C=O) groups excluding carboxylic acids is 1. The molecule has 0 saturated carbocycles. The molecule has 2 aromatic rings. The van der Waals surface area contributed by atoms with Gasteiger partial charge in [-0.3, -0.25) is 14.7 Å². The average Bonchev–Trinajstić information content (AvgIpc) is 2.77. The molecule has 1 amide bonds. The highest BCUT2D eigenvalue weighted by Gasteiger charge is 2.27. The number of carbonyl (C=O) groups is 1. The van der Waals surface area contributed by atoms with E-state index in [4.69, 9.17) is 9.47 Å². The lowest BCUT2D eigenvalue weighted by molar-refractivity contribution is -0.141. The van der Waals surface area contributed by atoms with Gasteiger partial charge in [-0.25, -0.2) is 8.78 Å². The van der Waals surface area contributed by atoms with E-state index in [0.29, 0.717) is 50.8 Å². The molecule has 0 aliphatic carbocycles. The minimum absolute atomic E-state index is 0.00553. The topological polar surface area (TPSA) is 54.9 Å². The van der Waals surface area contributed by atoms with Gasteiger partial charge in [0.15, 0.2) is 0 Å². The molecule has 8 heteroatoms. The highest BCUT2D eigenvalue weighted by atomic mass is 19.1. The van der Waals surface area contributed by atoms with Gasteiger partial charge in [0, 0.05) is 37.3 Å². The Morgan fingerprint density at radius 2 is 1.77 bits per heavy atom. The number of amides is 1. The van der Waals surface area contributed by atoms with Crippen molar-refractivity contribution >= 4 is 5.91 Å². The minimum Gasteiger partial charge on any atom is -0.379 e. The summed E-state index contributed by atoms with van der Waals surface area (Å²) in [6, 6.07) is 9.18. The number of morpholine rings is 2. The maximum Gasteiger partial charge on any atom is 0.236 e. The van der Waals surface area contributed by atoms with Crippen LogP contribution in [-0.2, 0) is 20.7 Å². The van der Waals surface area contributed by atoms with Crippen molar-refractivity contribution in [2.75, 3.05) is 52.5 Å². The summed E-state index contributed by atoms with van der Waals surface area (Å²) in [5, 5.41) is 0. The fourth-order valence-corrected chi connectivity index (χ4v) is 3.76. The summed E-state index contributed by atoms with van der Waals surface area (Å²) in [6.45, 7) is 4.57. The van der Waals surface area contributed by atoms with Crippen molar-refractivity contribution in [1.82, 2.24) is 14.8 Å². The zero-order chi connectivity index (χ0) is 20.9. The Morgan fingerprint density at radius 1 is 1.03 bits per heavy atom. The van der Waals surface area contributed by atoms with Gasteiger partial charge in [-0.15, -0.1) is 0 Å². The van der Waals surface area contributed by atoms with Crippen LogP contribution in [0.3, 0.4) is 0 Å². The second kappa shape index (κ2) is 9.59. The first kappa shape index (κ1) is 20.8. The van der Waals surface area contributed by atoms with E-state index in [1.165, 1.54) is 18.2 Å². The normalized spacial score (nSPS) is 20.3. The fourth-order valence-electron chi connectivity index (χ4n) is 3.76. The molecule has 0 spiro atoms. The molecule has 1 atom stereocenters. The Bertz CT molecular complexity index is 869. The standard InChI is InChI=1S/C22H25F2N3O3/c23-18-4-2-5-19(24)17(18)13-16-3-1-6-20(25-16)21-14-27(9-12-30-21)22(28)15-26-7-10-29-11-8-26/h1-6,21H,7-15H2/t21-/m0/s1. The fraction of sp³-hybridized carbons (Fsp3) is 0.455. The van der Waals surface area contributed by atoms with E-state index in [-0.39, 0.29) is 24.0 Å². The molecule has 0 radical (unpaired) electrons. The van der Waals surface area contributed by atoms with Crippen molar-refractivity contribution in [2.24, 2.45) is 0 Å². The van der Waals surface area contributed by atoms with Crippen LogP contribution in [-0.4, -0.2) is 73.2 Å². The summed E-state index contributed by atoms with van der Waals surface area (Å²) < 4.78 is 39.1. The largest absolute Gasteiger partial charge is 0.379 e. The number of halogens is 2. The Labute approximate surface area is 174 Å². The minimum atomic E-state index is -0.587. The van der Waals surface area contributed by atoms with Crippen molar-refractivity contribution in [3.05, 3.63) is 65.0 Å². The van der Waals surface area contributed by atoms with Gasteiger partial charge < -0.3 is 14.4 Å². The number of hydrogen-bond acceptors (Lipinski definition) is 5. The first-order chi connectivity index (χ1) is 14.6. The second-order valence-corrected chi connectivity index (χ2v) is 7.52. The number of hydrogen-bond donors (Lipinski definition) is 0. The molecule has 4 rings (SSSR count). The lowest BCUT2D eigenvalue weighted by atomic mass is 10.1. The zero-order valence-corrected chi connectivity index (χ0v) is 16.7. The molecule has 6 nitrogen and oxygen atoms in total. The Balaban J connectivity index is 1.42. The Kier molecular flexibility index (Phi) is 6.66. The van der Waals surface area contributed by atoms with Crippen LogP contribution in [0.4, 0.5) is 8.78 Å². The third-order valence-electron chi connectivity index (χ3n) is 5.46. The molecule has 3 heterocycles. The first-order valence-electron chi connectivity index (χ1n) is 10.2. The van der Waals surface area contributed by atoms with Crippen molar-refractivity contribution in [1.29, 1.82) is 0 Å². The van der Waals surface area contributed by atoms with E-state index in [1.807, 2.05) is 6.07 Å². The van der Waals surface area contributed by atoms with Gasteiger partial charge in [0.25, 0.3) is 0 Å². The van der Waals surface area contributed by atoms with Crippen LogP contribution in [0.1, 0.15) is 23.1 Å². The van der Waals surface area contributed by atoms with E-state index < -0.39 is 11.6 Å². The van der Waals surface area contributed by atoms with Crippen molar-refractivity contribution in [3.8, 4) is 0 Å². The molecule has 2 aliphatic heterocycles. The van der Waals surface area contributed by atoms with Gasteiger partial charge in [0.1, 0.15) is 17.7 Å². The molecule has 30 heavy (non-hydrogen) atoms. The smallest absolute Gasteiger partial charge is 0.236 e. The summed E-state index contributed by atoms with van der Waals surface area (Å²) in [5.74, 6) is -1.11. The Hall–Kier alpha value is -2.42. The van der Waals surface area contributed by atoms with Gasteiger partial charge in [-0.05, 0) is 24.3 Å². The van der Waals surface area contributed by atoms with Crippen LogP contribution in [0.25, 0.3) is 0 Å². The van der Waals surface area contributed by atoms with Crippen LogP contribution in [0, 0.1) is 11.6 Å². The van der Waals surface area contributed by atoms with Gasteiger partial charge >= 0.3 is 0 Å². The zero-order valence-electron chi connectivity index (χ0n) is 16.7. The number of benzene rings is 1. The number of nitrogens with zero attached hydrogens (tertiary/aromatic N) is 3. The highest BCUT2D eigenvalue weighted by molar-refractivity contribution is 5.78. The lowest BCUT2D eigenvalue weighted by Gasteiger charge is -2.35. The molecule has 0 N–H and O–H groups in total. The van der Waals surface area contributed by atoms with Gasteiger partial charge in [-0.1, -0.05) is 12.1 Å². The van der Waals surface area contributed by atoms with Crippen molar-refractivity contribution in [3.63, 3.8) is 0 Å². The predicted molar refractivity (Wildman–Crippen MR) is 106 cm³/mol. The van der Waals surface area contributed by atoms with Gasteiger partial charge in [0.2, 0.25) is 5.91 Å². The number of pyridine rings is 1. The third kappa shape index (κ3) is 5.00. The second-order valence-electron chi connectivity index (χ2n) is 7.52. The quantitative estimate of drug-likeness (QED) is 0.747. The maximum atomic E-state index is 14.0. The molecule has 2 saturated heterocycles. The lowest BCUT2D eigenvalue weighted by Crippen LogP contribution is -2.48. The summed E-state index contributed by atoms with van der Waals surface area (Å²) >= 11 is 0. The van der Waals surface area contributed by atoms with Crippen LogP contribution in [0.15, 0.2) is 36.4 Å². The molecular formula is C22H25F2N3O3. The molecule has 0 bridgehead atoms. The molecule has 1 aromatic carbocycles. The maximum absolute atomic E-state index is 14.0. The number of rotatable bonds is 5. The van der Waals surface area contributed by atoms with Gasteiger partial charge in [0.05, 0.1) is 38.6 Å². The Morgan fingerprint density at radius 3 is 2.53 bits per heavy atom. The van der Waals surface area contributed by atoms with Crippen molar-refractivity contribution < 1.29 is 23.0 Å². The van der Waals surface area contributed by atoms with Crippen LogP contribution < -0.4 is 0 Å². The van der Waals surface area contributed by atoms with Crippen LogP contribution in [0.5, 0.6) is 0 Å². The molecule has 2 aliphatic rings. The highest BCUT2D eigenvalue weighted by Crippen LogP contribution is 2.23. The van der Waals surface area contributed by atoms with E-state index in [1.54, 1.807) is 17.0 Å². The molecular weight excluding hydrogens is 392 g/mol. The summed E-state index contributed by atoms with van der Waals surface area (Å²) in [6.07, 6.45) is -0.309. The van der Waals surface area contributed by atoms with Crippen molar-refractivity contribution in [2.45, 2.75) is 12.5 Å². The van der Waals surface area contributed by atoms with Crippen LogP contribution >= 0.6 is 0 Å². The monoisotopic (exact) mass is 417 g/mol. The third-order valence-corrected chi connectivity index (χ3v) is 5.46. The molecule has 2 fully saturated rings. The summed E-state index contributed by atoms with van der Waals surface area (Å²) in [7, 11) is 0. The molecule has 1 aromatic heterocycles. The molecule has 0 unspecified atom stereocenters. The summed E-state index contributed by atoms with van der Waals surface area (Å²) in [5.41, 5.74) is 1.21. The van der Waals surface area contributed by atoms with E-state index in [9.17, 15) is 13.6 Å². The summed E-state index contributed by atoms with van der Waals surface area (Å²) in [4.78, 5) is 21.2. The molecule has 160 valence electrons. The number of aromatic nitrogens is 1. The first-order valence-corrected chi connectivity index (χ1v) is 10.2. The SMILES string of the molecule is O=C(CN1CCOCC1)N1CCO[C@H](c2cccc(Cc3c(F)cccc3F)n2)C1. The van der Waals surface area contributed by atoms with Crippen LogP contribution in [0.2, 0.25) is 0 Å².